The van der Waals surface area contributed by atoms with Crippen LogP contribution in [0.25, 0.3) is 0 Å². The first-order valence-electron chi connectivity index (χ1n) is 11.1. The Hall–Kier alpha value is -2.53. The van der Waals surface area contributed by atoms with Crippen molar-refractivity contribution >= 4 is 29.1 Å². The van der Waals surface area contributed by atoms with Crippen LogP contribution in [0.5, 0.6) is 5.75 Å². The molecule has 0 spiro atoms. The molecule has 1 aliphatic rings. The van der Waals surface area contributed by atoms with E-state index >= 15 is 0 Å². The van der Waals surface area contributed by atoms with Gasteiger partial charge in [0.1, 0.15) is 12.4 Å². The summed E-state index contributed by atoms with van der Waals surface area (Å²) in [5.41, 5.74) is 5.14. The van der Waals surface area contributed by atoms with Crippen LogP contribution >= 0.6 is 23.2 Å². The molecule has 0 atom stereocenters. The molecule has 0 saturated carbocycles. The topological polar surface area (TPSA) is 32.8 Å². The number of hydrogen-bond donors (Lipinski definition) is 0. The predicted molar refractivity (Wildman–Crippen MR) is 134 cm³/mol. The Kier molecular flexibility index (Phi) is 7.59. The highest BCUT2D eigenvalue weighted by atomic mass is 35.5. The SMILES string of the molecule is Cc1ccc(OCc2cccc(C(=O)N3CCN(Cc4ccc(Cl)c(Cl)c4)CC3)c2)c(C)c1. The highest BCUT2D eigenvalue weighted by Crippen LogP contribution is 2.24. The van der Waals surface area contributed by atoms with Gasteiger partial charge in [-0.2, -0.15) is 0 Å². The summed E-state index contributed by atoms with van der Waals surface area (Å²) in [6.07, 6.45) is 0. The Bertz CT molecular complexity index is 1140. The highest BCUT2D eigenvalue weighted by molar-refractivity contribution is 6.42. The lowest BCUT2D eigenvalue weighted by Gasteiger charge is -2.35. The lowest BCUT2D eigenvalue weighted by atomic mass is 10.1. The third-order valence-electron chi connectivity index (χ3n) is 5.95. The summed E-state index contributed by atoms with van der Waals surface area (Å²) in [4.78, 5) is 17.4. The molecule has 172 valence electrons. The van der Waals surface area contributed by atoms with Crippen LogP contribution in [0.4, 0.5) is 0 Å². The van der Waals surface area contributed by atoms with Gasteiger partial charge in [0.05, 0.1) is 10.0 Å². The van der Waals surface area contributed by atoms with Crippen LogP contribution in [-0.2, 0) is 13.2 Å². The van der Waals surface area contributed by atoms with Crippen LogP contribution in [-0.4, -0.2) is 41.9 Å². The molecule has 3 aromatic carbocycles. The summed E-state index contributed by atoms with van der Waals surface area (Å²) < 4.78 is 6.00. The number of rotatable bonds is 6. The van der Waals surface area contributed by atoms with Gasteiger partial charge in [-0.1, -0.05) is 59.1 Å². The Morgan fingerprint density at radius 3 is 2.39 bits per heavy atom. The van der Waals surface area contributed by atoms with Gasteiger partial charge in [0.2, 0.25) is 0 Å². The van der Waals surface area contributed by atoms with E-state index in [1.165, 1.54) is 5.56 Å². The minimum atomic E-state index is 0.0672. The van der Waals surface area contributed by atoms with E-state index in [2.05, 4.69) is 17.9 Å². The van der Waals surface area contributed by atoms with E-state index < -0.39 is 0 Å². The smallest absolute Gasteiger partial charge is 0.253 e. The van der Waals surface area contributed by atoms with Gasteiger partial charge in [-0.05, 0) is 60.9 Å². The molecular weight excluding hydrogens is 455 g/mol. The third-order valence-corrected chi connectivity index (χ3v) is 6.69. The maximum atomic E-state index is 13.1. The molecule has 4 rings (SSSR count). The van der Waals surface area contributed by atoms with E-state index in [1.807, 2.05) is 66.4 Å². The van der Waals surface area contributed by atoms with Crippen LogP contribution in [0.2, 0.25) is 10.0 Å². The first-order valence-corrected chi connectivity index (χ1v) is 11.9. The van der Waals surface area contributed by atoms with Crippen LogP contribution < -0.4 is 4.74 Å². The van der Waals surface area contributed by atoms with Crippen LogP contribution in [0, 0.1) is 13.8 Å². The molecule has 1 heterocycles. The predicted octanol–water partition coefficient (Wildman–Crippen LogP) is 6.15. The largest absolute Gasteiger partial charge is 0.489 e. The van der Waals surface area contributed by atoms with Crippen LogP contribution in [0.15, 0.2) is 60.7 Å². The second-order valence-corrected chi connectivity index (χ2v) is 9.39. The fraction of sp³-hybridized carbons (Fsp3) is 0.296. The number of carbonyl (C=O) groups excluding carboxylic acids is 1. The minimum Gasteiger partial charge on any atom is -0.489 e. The fourth-order valence-electron chi connectivity index (χ4n) is 4.10. The van der Waals surface area contributed by atoms with Gasteiger partial charge >= 0.3 is 0 Å². The molecule has 33 heavy (non-hydrogen) atoms. The van der Waals surface area contributed by atoms with Gasteiger partial charge in [-0.3, -0.25) is 9.69 Å². The Morgan fingerprint density at radius 1 is 0.879 bits per heavy atom. The molecule has 1 amide bonds. The van der Waals surface area contributed by atoms with Crippen molar-refractivity contribution in [1.29, 1.82) is 0 Å². The first-order chi connectivity index (χ1) is 15.9. The van der Waals surface area contributed by atoms with Crippen molar-refractivity contribution in [1.82, 2.24) is 9.80 Å². The maximum absolute atomic E-state index is 13.1. The molecule has 0 unspecified atom stereocenters. The molecule has 6 heteroatoms. The Morgan fingerprint density at radius 2 is 1.67 bits per heavy atom. The Labute approximate surface area is 205 Å². The van der Waals surface area contributed by atoms with Crippen LogP contribution in [0.3, 0.4) is 0 Å². The van der Waals surface area contributed by atoms with Gasteiger partial charge in [-0.15, -0.1) is 0 Å². The maximum Gasteiger partial charge on any atom is 0.253 e. The molecule has 0 bridgehead atoms. The van der Waals surface area contributed by atoms with Crippen molar-refractivity contribution < 1.29 is 9.53 Å². The van der Waals surface area contributed by atoms with E-state index in [0.29, 0.717) is 35.3 Å². The van der Waals surface area contributed by atoms with Gasteiger partial charge < -0.3 is 9.64 Å². The van der Waals surface area contributed by atoms with Crippen molar-refractivity contribution in [2.45, 2.75) is 27.0 Å². The molecule has 4 nitrogen and oxygen atoms in total. The summed E-state index contributed by atoms with van der Waals surface area (Å²) in [5, 5.41) is 1.14. The normalized spacial score (nSPS) is 14.4. The third kappa shape index (κ3) is 6.08. The Balaban J connectivity index is 1.32. The minimum absolute atomic E-state index is 0.0672. The zero-order valence-corrected chi connectivity index (χ0v) is 20.5. The zero-order valence-electron chi connectivity index (χ0n) is 19.0. The van der Waals surface area contributed by atoms with E-state index in [4.69, 9.17) is 27.9 Å². The summed E-state index contributed by atoms with van der Waals surface area (Å²) >= 11 is 12.1. The van der Waals surface area contributed by atoms with Crippen molar-refractivity contribution in [2.75, 3.05) is 26.2 Å². The summed E-state index contributed by atoms with van der Waals surface area (Å²) in [5.74, 6) is 0.938. The lowest BCUT2D eigenvalue weighted by molar-refractivity contribution is 0.0628. The number of halogens is 2. The molecule has 3 aromatic rings. The fourth-order valence-corrected chi connectivity index (χ4v) is 4.43. The number of ether oxygens (including phenoxy) is 1. The highest BCUT2D eigenvalue weighted by Gasteiger charge is 2.22. The number of carbonyl (C=O) groups is 1. The number of hydrogen-bond acceptors (Lipinski definition) is 3. The molecule has 1 saturated heterocycles. The van der Waals surface area contributed by atoms with Gasteiger partial charge in [0.25, 0.3) is 5.91 Å². The molecule has 0 N–H and O–H groups in total. The molecule has 1 aliphatic heterocycles. The second-order valence-electron chi connectivity index (χ2n) is 8.57. The van der Waals surface area contributed by atoms with E-state index in [9.17, 15) is 4.79 Å². The van der Waals surface area contributed by atoms with Crippen molar-refractivity contribution in [3.05, 3.63) is 98.5 Å². The summed E-state index contributed by atoms with van der Waals surface area (Å²) in [6, 6.07) is 19.6. The quantitative estimate of drug-likeness (QED) is 0.422. The first kappa shape index (κ1) is 23.6. The standard InChI is InChI=1S/C27H28Cl2N2O2/c1-19-6-9-26(20(2)14-19)33-18-22-4-3-5-23(15-22)27(32)31-12-10-30(11-13-31)17-21-7-8-24(28)25(29)16-21/h3-9,14-16H,10-13,17-18H2,1-2H3. The summed E-state index contributed by atoms with van der Waals surface area (Å²) in [7, 11) is 0. The number of amides is 1. The van der Waals surface area contributed by atoms with Crippen molar-refractivity contribution in [3.8, 4) is 5.75 Å². The average molecular weight is 483 g/mol. The molecule has 1 fully saturated rings. The van der Waals surface area contributed by atoms with E-state index in [-0.39, 0.29) is 5.91 Å². The monoisotopic (exact) mass is 482 g/mol. The van der Waals surface area contributed by atoms with Gasteiger partial charge in [-0.25, -0.2) is 0 Å². The molecule has 0 aromatic heterocycles. The van der Waals surface area contributed by atoms with Crippen LogP contribution in [0.1, 0.15) is 32.6 Å². The van der Waals surface area contributed by atoms with Crippen molar-refractivity contribution in [3.63, 3.8) is 0 Å². The average Bonchev–Trinajstić information content (AvgIpc) is 2.81. The number of piperazine rings is 1. The molecule has 0 aliphatic carbocycles. The van der Waals surface area contributed by atoms with Gasteiger partial charge in [0, 0.05) is 38.3 Å². The number of benzene rings is 3. The second kappa shape index (κ2) is 10.6. The zero-order chi connectivity index (χ0) is 23.4. The lowest BCUT2D eigenvalue weighted by Crippen LogP contribution is -2.48. The summed E-state index contributed by atoms with van der Waals surface area (Å²) in [6.45, 7) is 8.38. The molecule has 0 radical (unpaired) electrons. The van der Waals surface area contributed by atoms with E-state index in [0.717, 1.165) is 42.1 Å². The van der Waals surface area contributed by atoms with E-state index in [1.54, 1.807) is 0 Å². The van der Waals surface area contributed by atoms with Gasteiger partial charge in [0.15, 0.2) is 0 Å². The molecular formula is C27H28Cl2N2O2. The number of aryl methyl sites for hydroxylation is 2. The van der Waals surface area contributed by atoms with Crippen molar-refractivity contribution in [2.24, 2.45) is 0 Å². The number of nitrogens with zero attached hydrogens (tertiary/aromatic N) is 2.